The molecule has 2 N–H and O–H groups in total. The quantitative estimate of drug-likeness (QED) is 0.640. The number of hydrogen-bond donors (Lipinski definition) is 2. The Kier molecular flexibility index (Phi) is 6.69. The van der Waals surface area contributed by atoms with E-state index in [0.717, 1.165) is 24.9 Å². The largest absolute Gasteiger partial charge is 0.326 e. The molecular weight excluding hydrogens is 386 g/mol. The highest BCUT2D eigenvalue weighted by molar-refractivity contribution is 7.90. The molecule has 0 saturated heterocycles. The lowest BCUT2D eigenvalue weighted by Gasteiger charge is -2.08. The van der Waals surface area contributed by atoms with Gasteiger partial charge in [0.15, 0.2) is 0 Å². The predicted octanol–water partition coefficient (Wildman–Crippen LogP) is 4.05. The van der Waals surface area contributed by atoms with E-state index in [1.54, 1.807) is 24.3 Å². The molecule has 0 bridgehead atoms. The van der Waals surface area contributed by atoms with E-state index < -0.39 is 10.0 Å². The monoisotopic (exact) mass is 413 g/mol. The second-order valence-corrected chi connectivity index (χ2v) is 9.12. The van der Waals surface area contributed by atoms with Crippen LogP contribution in [0.5, 0.6) is 0 Å². The van der Waals surface area contributed by atoms with Gasteiger partial charge in [0.1, 0.15) is 5.84 Å². The summed E-state index contributed by atoms with van der Waals surface area (Å²) in [7, 11) is -3.48. The standard InChI is InChI=1S/C22H27N3O3S/c1-16(2)17-11-13-18(14-12-17)24-21(26)10-4-3-7-15-23-22-19-8-5-6-9-20(19)29(27,28)25-22/h5-6,8-9,11-14,16H,3-4,7,10,15H2,1-2H3,(H,23,25)(H,24,26). The molecule has 0 fully saturated rings. The van der Waals surface area contributed by atoms with Gasteiger partial charge in [0.25, 0.3) is 10.0 Å². The molecule has 0 unspecified atom stereocenters. The van der Waals surface area contributed by atoms with E-state index in [1.165, 1.54) is 5.56 Å². The van der Waals surface area contributed by atoms with E-state index in [9.17, 15) is 13.2 Å². The molecule has 7 heteroatoms. The number of sulfonamides is 1. The van der Waals surface area contributed by atoms with Crippen LogP contribution in [0.15, 0.2) is 58.4 Å². The Labute approximate surface area is 172 Å². The number of anilines is 1. The fourth-order valence-electron chi connectivity index (χ4n) is 3.19. The van der Waals surface area contributed by atoms with E-state index in [-0.39, 0.29) is 10.8 Å². The number of fused-ring (bicyclic) bond motifs is 1. The van der Waals surface area contributed by atoms with Crippen LogP contribution in [0, 0.1) is 0 Å². The van der Waals surface area contributed by atoms with Crippen LogP contribution in [0.3, 0.4) is 0 Å². The number of carbonyl (C=O) groups excluding carboxylic acids is 1. The molecule has 1 amide bonds. The summed E-state index contributed by atoms with van der Waals surface area (Å²) in [5.74, 6) is 0.880. The van der Waals surface area contributed by atoms with Gasteiger partial charge in [0.05, 0.1) is 4.90 Å². The topological polar surface area (TPSA) is 87.6 Å². The van der Waals surface area contributed by atoms with Crippen LogP contribution >= 0.6 is 0 Å². The van der Waals surface area contributed by atoms with E-state index in [2.05, 4.69) is 28.9 Å². The maximum absolute atomic E-state index is 12.1. The molecule has 2 aromatic carbocycles. The van der Waals surface area contributed by atoms with Gasteiger partial charge >= 0.3 is 0 Å². The number of hydrogen-bond acceptors (Lipinski definition) is 4. The number of amidine groups is 1. The summed E-state index contributed by atoms with van der Waals surface area (Å²) in [6.07, 6.45) is 2.87. The van der Waals surface area contributed by atoms with Crippen LogP contribution in [0.25, 0.3) is 0 Å². The van der Waals surface area contributed by atoms with Gasteiger partial charge in [-0.25, -0.2) is 8.42 Å². The zero-order valence-corrected chi connectivity index (χ0v) is 17.6. The van der Waals surface area contributed by atoms with Gasteiger partial charge in [-0.05, 0) is 48.6 Å². The van der Waals surface area contributed by atoms with E-state index in [1.807, 2.05) is 24.3 Å². The molecule has 154 valence electrons. The lowest BCUT2D eigenvalue weighted by atomic mass is 10.0. The number of unbranched alkanes of at least 4 members (excludes halogenated alkanes) is 2. The third kappa shape index (κ3) is 5.44. The minimum atomic E-state index is -3.48. The first kappa shape index (κ1) is 21.0. The molecule has 1 aliphatic heterocycles. The Bertz CT molecular complexity index is 996. The molecule has 6 nitrogen and oxygen atoms in total. The lowest BCUT2D eigenvalue weighted by Crippen LogP contribution is -2.22. The Balaban J connectivity index is 1.39. The van der Waals surface area contributed by atoms with E-state index in [4.69, 9.17) is 0 Å². The normalized spacial score (nSPS) is 15.9. The average molecular weight is 414 g/mol. The van der Waals surface area contributed by atoms with Crippen LogP contribution in [0.2, 0.25) is 0 Å². The molecule has 1 heterocycles. The van der Waals surface area contributed by atoms with Crippen molar-refractivity contribution in [2.45, 2.75) is 50.3 Å². The van der Waals surface area contributed by atoms with E-state index >= 15 is 0 Å². The number of nitrogens with zero attached hydrogens (tertiary/aromatic N) is 1. The number of carbonyl (C=O) groups is 1. The molecule has 0 spiro atoms. The second-order valence-electron chi connectivity index (χ2n) is 7.47. The van der Waals surface area contributed by atoms with Crippen molar-refractivity contribution < 1.29 is 13.2 Å². The van der Waals surface area contributed by atoms with Gasteiger partial charge in [0, 0.05) is 24.2 Å². The number of rotatable bonds is 8. The smallest absolute Gasteiger partial charge is 0.263 e. The third-order valence-corrected chi connectivity index (χ3v) is 6.25. The first-order valence-electron chi connectivity index (χ1n) is 9.93. The summed E-state index contributed by atoms with van der Waals surface area (Å²) in [5.41, 5.74) is 2.69. The van der Waals surface area contributed by atoms with Crippen LogP contribution < -0.4 is 10.0 Å². The number of benzene rings is 2. The van der Waals surface area contributed by atoms with E-state index in [0.29, 0.717) is 30.3 Å². The molecule has 0 atom stereocenters. The van der Waals surface area contributed by atoms with Crippen LogP contribution in [-0.2, 0) is 14.8 Å². The minimum absolute atomic E-state index is 0.00564. The SMILES string of the molecule is CC(C)c1ccc(NC(=O)CCCCCN=C2NS(=O)(=O)c3ccccc32)cc1. The molecular formula is C22H27N3O3S. The first-order chi connectivity index (χ1) is 13.9. The molecule has 0 saturated carbocycles. The zero-order chi connectivity index (χ0) is 20.9. The van der Waals surface area contributed by atoms with Crippen LogP contribution in [0.4, 0.5) is 5.69 Å². The van der Waals surface area contributed by atoms with Crippen molar-refractivity contribution in [3.63, 3.8) is 0 Å². The van der Waals surface area contributed by atoms with Gasteiger partial charge in [-0.15, -0.1) is 0 Å². The first-order valence-corrected chi connectivity index (χ1v) is 11.4. The highest BCUT2D eigenvalue weighted by Gasteiger charge is 2.29. The highest BCUT2D eigenvalue weighted by atomic mass is 32.2. The van der Waals surface area contributed by atoms with Gasteiger partial charge in [-0.3, -0.25) is 14.5 Å². The van der Waals surface area contributed by atoms with Crippen LogP contribution in [-0.4, -0.2) is 26.7 Å². The van der Waals surface area contributed by atoms with Crippen molar-refractivity contribution in [1.82, 2.24) is 4.72 Å². The Hall–Kier alpha value is -2.67. The Morgan fingerprint density at radius 1 is 1.03 bits per heavy atom. The maximum Gasteiger partial charge on any atom is 0.263 e. The van der Waals surface area contributed by atoms with Crippen molar-refractivity contribution in [2.75, 3.05) is 11.9 Å². The Morgan fingerprint density at radius 2 is 1.76 bits per heavy atom. The predicted molar refractivity (Wildman–Crippen MR) is 116 cm³/mol. The number of nitrogens with one attached hydrogen (secondary N) is 2. The molecule has 0 aromatic heterocycles. The summed E-state index contributed by atoms with van der Waals surface area (Å²) in [5, 5.41) is 2.92. The molecule has 29 heavy (non-hydrogen) atoms. The Morgan fingerprint density at radius 3 is 2.48 bits per heavy atom. The third-order valence-electron chi connectivity index (χ3n) is 4.86. The van der Waals surface area contributed by atoms with Gasteiger partial charge in [0.2, 0.25) is 5.91 Å². The summed E-state index contributed by atoms with van der Waals surface area (Å²) in [6, 6.07) is 14.8. The summed E-state index contributed by atoms with van der Waals surface area (Å²) >= 11 is 0. The van der Waals surface area contributed by atoms with Gasteiger partial charge < -0.3 is 5.32 Å². The fourth-order valence-corrected chi connectivity index (χ4v) is 4.44. The fraction of sp³-hybridized carbons (Fsp3) is 0.364. The molecule has 3 rings (SSSR count). The van der Waals surface area contributed by atoms with Crippen molar-refractivity contribution in [3.05, 3.63) is 59.7 Å². The molecule has 0 aliphatic carbocycles. The number of amides is 1. The summed E-state index contributed by atoms with van der Waals surface area (Å²) in [6.45, 7) is 4.79. The average Bonchev–Trinajstić information content (AvgIpc) is 2.95. The maximum atomic E-state index is 12.1. The van der Waals surface area contributed by atoms with Gasteiger partial charge in [-0.1, -0.05) is 44.5 Å². The van der Waals surface area contributed by atoms with Crippen molar-refractivity contribution in [2.24, 2.45) is 4.99 Å². The lowest BCUT2D eigenvalue weighted by molar-refractivity contribution is -0.116. The minimum Gasteiger partial charge on any atom is -0.326 e. The zero-order valence-electron chi connectivity index (χ0n) is 16.8. The summed E-state index contributed by atoms with van der Waals surface area (Å²) < 4.78 is 26.6. The molecule has 0 radical (unpaired) electrons. The summed E-state index contributed by atoms with van der Waals surface area (Å²) in [4.78, 5) is 16.7. The van der Waals surface area contributed by atoms with Crippen molar-refractivity contribution >= 4 is 27.5 Å². The number of aliphatic imine (C=N–C) groups is 1. The molecule has 2 aromatic rings. The second kappa shape index (κ2) is 9.22. The van der Waals surface area contributed by atoms with Crippen molar-refractivity contribution in [1.29, 1.82) is 0 Å². The van der Waals surface area contributed by atoms with Crippen molar-refractivity contribution in [3.8, 4) is 0 Å². The van der Waals surface area contributed by atoms with Crippen LogP contribution in [0.1, 0.15) is 56.6 Å². The van der Waals surface area contributed by atoms with Gasteiger partial charge in [-0.2, -0.15) is 0 Å². The molecule has 1 aliphatic rings. The highest BCUT2D eigenvalue weighted by Crippen LogP contribution is 2.22.